The number of unbranched alkanes of at least 4 members (excludes halogenated alkanes) is 1. The van der Waals surface area contributed by atoms with Crippen LogP contribution in [0.1, 0.15) is 63.5 Å². The van der Waals surface area contributed by atoms with Gasteiger partial charge in [0.2, 0.25) is 11.8 Å². The summed E-state index contributed by atoms with van der Waals surface area (Å²) in [6.07, 6.45) is 8.58. The quantitative estimate of drug-likeness (QED) is 0.293. The lowest BCUT2D eigenvalue weighted by Crippen LogP contribution is -2.27. The molecule has 8 heteroatoms. The van der Waals surface area contributed by atoms with Crippen LogP contribution in [0, 0.1) is 0 Å². The largest absolute Gasteiger partial charge is 0.494 e. The average Bonchev–Trinajstić information content (AvgIpc) is 2.96. The van der Waals surface area contributed by atoms with Crippen LogP contribution in [0.4, 0.5) is 0 Å². The number of hydrogen-bond acceptors (Lipinski definition) is 6. The van der Waals surface area contributed by atoms with Crippen molar-refractivity contribution in [3.05, 3.63) is 58.7 Å². The molecule has 0 saturated heterocycles. The number of nitrogens with one attached hydrogen (secondary N) is 2. The Morgan fingerprint density at radius 1 is 0.725 bits per heavy atom. The van der Waals surface area contributed by atoms with Gasteiger partial charge in [-0.1, -0.05) is 13.8 Å². The second-order valence-electron chi connectivity index (χ2n) is 10.0. The fourth-order valence-electron chi connectivity index (χ4n) is 4.43. The normalized spacial score (nSPS) is 13.4. The van der Waals surface area contributed by atoms with Gasteiger partial charge in [-0.15, -0.1) is 0 Å². The predicted molar refractivity (Wildman–Crippen MR) is 156 cm³/mol. The summed E-state index contributed by atoms with van der Waals surface area (Å²) in [7, 11) is 0. The van der Waals surface area contributed by atoms with Gasteiger partial charge in [-0.2, -0.15) is 0 Å². The Labute approximate surface area is 236 Å². The van der Waals surface area contributed by atoms with Crippen molar-refractivity contribution >= 4 is 24.0 Å². The molecule has 40 heavy (non-hydrogen) atoms. The van der Waals surface area contributed by atoms with Gasteiger partial charge in [-0.3, -0.25) is 9.59 Å². The van der Waals surface area contributed by atoms with Crippen LogP contribution in [0.25, 0.3) is 12.2 Å². The second kappa shape index (κ2) is 15.0. The lowest BCUT2D eigenvalue weighted by molar-refractivity contribution is -0.121. The first-order valence-electron chi connectivity index (χ1n) is 14.3. The molecule has 0 aliphatic carbocycles. The molecule has 4 rings (SSSR count). The third kappa shape index (κ3) is 8.79. The molecule has 0 saturated carbocycles. The van der Waals surface area contributed by atoms with E-state index in [1.54, 1.807) is 0 Å². The highest BCUT2D eigenvalue weighted by Crippen LogP contribution is 2.31. The van der Waals surface area contributed by atoms with Crippen LogP contribution in [-0.4, -0.2) is 51.3 Å². The molecular formula is C32H40N2O6. The molecule has 2 heterocycles. The van der Waals surface area contributed by atoms with Gasteiger partial charge in [0.05, 0.1) is 13.2 Å². The molecule has 0 bridgehead atoms. The van der Waals surface area contributed by atoms with E-state index in [-0.39, 0.29) is 11.8 Å². The molecule has 2 aromatic carbocycles. The summed E-state index contributed by atoms with van der Waals surface area (Å²) < 4.78 is 23.6. The van der Waals surface area contributed by atoms with E-state index >= 15 is 0 Å². The Balaban J connectivity index is 1.18. The van der Waals surface area contributed by atoms with Crippen molar-refractivity contribution in [2.45, 2.75) is 52.4 Å². The summed E-state index contributed by atoms with van der Waals surface area (Å²) >= 11 is 0. The van der Waals surface area contributed by atoms with Gasteiger partial charge < -0.3 is 29.6 Å². The number of amides is 2. The van der Waals surface area contributed by atoms with Crippen molar-refractivity contribution in [1.29, 1.82) is 0 Å². The van der Waals surface area contributed by atoms with E-state index in [4.69, 9.17) is 18.9 Å². The molecule has 2 aliphatic heterocycles. The Hall–Kier alpha value is -3.94. The summed E-state index contributed by atoms with van der Waals surface area (Å²) in [5.41, 5.74) is 3.99. The van der Waals surface area contributed by atoms with Crippen molar-refractivity contribution in [3.63, 3.8) is 0 Å². The van der Waals surface area contributed by atoms with Crippen molar-refractivity contribution in [1.82, 2.24) is 10.6 Å². The standard InChI is InChI=1S/C32H40N2O6/c1-3-7-31(35)33-19-23-15-25-17-27(9-11-29(25)39-21-23)37-13-5-6-14-38-28-10-12-30-26(18-28)16-24(22-40-30)20-34-32(36)8-4-2/h9-12,15-18H,3-8,13-14,19-22H2,1-2H3,(H,33,35)(H,34,36). The maximum Gasteiger partial charge on any atom is 0.220 e. The molecule has 0 aromatic heterocycles. The number of carbonyl (C=O) groups excluding carboxylic acids is 2. The van der Waals surface area contributed by atoms with E-state index in [2.05, 4.69) is 22.8 Å². The lowest BCUT2D eigenvalue weighted by atomic mass is 10.1. The Morgan fingerprint density at radius 3 is 1.60 bits per heavy atom. The van der Waals surface area contributed by atoms with Gasteiger partial charge in [0.15, 0.2) is 0 Å². The smallest absolute Gasteiger partial charge is 0.220 e. The van der Waals surface area contributed by atoms with E-state index in [1.165, 1.54) is 0 Å². The van der Waals surface area contributed by atoms with E-state index in [0.29, 0.717) is 52.4 Å². The highest BCUT2D eigenvalue weighted by Gasteiger charge is 2.15. The summed E-state index contributed by atoms with van der Waals surface area (Å²) in [5.74, 6) is 3.35. The van der Waals surface area contributed by atoms with Gasteiger partial charge in [-0.05, 0) is 85.4 Å². The molecule has 2 aromatic rings. The summed E-state index contributed by atoms with van der Waals surface area (Å²) in [4.78, 5) is 23.5. The summed E-state index contributed by atoms with van der Waals surface area (Å²) in [6.45, 7) is 7.10. The highest BCUT2D eigenvalue weighted by atomic mass is 16.5. The Morgan fingerprint density at radius 2 is 1.18 bits per heavy atom. The topological polar surface area (TPSA) is 95.1 Å². The molecule has 0 fully saturated rings. The van der Waals surface area contributed by atoms with Crippen LogP contribution in [0.3, 0.4) is 0 Å². The molecule has 2 aliphatic rings. The molecule has 0 unspecified atom stereocenters. The first kappa shape index (κ1) is 29.1. The number of fused-ring (bicyclic) bond motifs is 2. The fourth-order valence-corrected chi connectivity index (χ4v) is 4.43. The van der Waals surface area contributed by atoms with Crippen molar-refractivity contribution in [3.8, 4) is 23.0 Å². The van der Waals surface area contributed by atoms with E-state index < -0.39 is 0 Å². The molecule has 2 amide bonds. The average molecular weight is 549 g/mol. The molecule has 0 spiro atoms. The summed E-state index contributed by atoms with van der Waals surface area (Å²) in [6, 6.07) is 11.6. The first-order chi connectivity index (χ1) is 19.5. The van der Waals surface area contributed by atoms with Gasteiger partial charge in [0.25, 0.3) is 0 Å². The third-order valence-corrected chi connectivity index (χ3v) is 6.56. The fraction of sp³-hybridized carbons (Fsp3) is 0.438. The predicted octanol–water partition coefficient (Wildman–Crippen LogP) is 5.31. The minimum absolute atomic E-state index is 0.0614. The minimum atomic E-state index is 0.0614. The SMILES string of the molecule is CCCC(=O)NCC1=Cc2cc(OCCCCOc3ccc4c(c3)C=C(CNC(=O)CCC)CO4)ccc2OC1. The van der Waals surface area contributed by atoms with Crippen molar-refractivity contribution < 1.29 is 28.5 Å². The van der Waals surface area contributed by atoms with Gasteiger partial charge in [0.1, 0.15) is 36.2 Å². The lowest BCUT2D eigenvalue weighted by Gasteiger charge is -2.19. The summed E-state index contributed by atoms with van der Waals surface area (Å²) in [5, 5.41) is 5.88. The maximum absolute atomic E-state index is 11.8. The molecule has 8 nitrogen and oxygen atoms in total. The van der Waals surface area contributed by atoms with Crippen molar-refractivity contribution in [2.24, 2.45) is 0 Å². The molecule has 0 atom stereocenters. The van der Waals surface area contributed by atoms with Crippen LogP contribution >= 0.6 is 0 Å². The van der Waals surface area contributed by atoms with Crippen LogP contribution in [0.5, 0.6) is 23.0 Å². The van der Waals surface area contributed by atoms with Crippen LogP contribution in [-0.2, 0) is 9.59 Å². The van der Waals surface area contributed by atoms with Crippen LogP contribution in [0.2, 0.25) is 0 Å². The van der Waals surface area contributed by atoms with Gasteiger partial charge in [0, 0.05) is 37.1 Å². The maximum atomic E-state index is 11.8. The van der Waals surface area contributed by atoms with E-state index in [1.807, 2.05) is 50.2 Å². The first-order valence-corrected chi connectivity index (χ1v) is 14.3. The molecule has 0 radical (unpaired) electrons. The van der Waals surface area contributed by atoms with Crippen molar-refractivity contribution in [2.75, 3.05) is 39.5 Å². The molecular weight excluding hydrogens is 508 g/mol. The zero-order chi connectivity index (χ0) is 28.2. The zero-order valence-corrected chi connectivity index (χ0v) is 23.6. The molecule has 2 N–H and O–H groups in total. The third-order valence-electron chi connectivity index (χ3n) is 6.56. The minimum Gasteiger partial charge on any atom is -0.494 e. The van der Waals surface area contributed by atoms with Gasteiger partial charge >= 0.3 is 0 Å². The van der Waals surface area contributed by atoms with Gasteiger partial charge in [-0.25, -0.2) is 0 Å². The second-order valence-corrected chi connectivity index (χ2v) is 10.0. The number of benzene rings is 2. The van der Waals surface area contributed by atoms with E-state index in [9.17, 15) is 9.59 Å². The monoisotopic (exact) mass is 548 g/mol. The Kier molecular flexibility index (Phi) is 10.9. The number of rotatable bonds is 15. The van der Waals surface area contributed by atoms with Crippen LogP contribution < -0.4 is 29.6 Å². The number of carbonyl (C=O) groups is 2. The molecule has 214 valence electrons. The number of hydrogen-bond donors (Lipinski definition) is 2. The van der Waals surface area contributed by atoms with Crippen LogP contribution in [0.15, 0.2) is 47.5 Å². The van der Waals surface area contributed by atoms with E-state index in [0.717, 1.165) is 71.0 Å². The number of ether oxygens (including phenoxy) is 4. The zero-order valence-electron chi connectivity index (χ0n) is 23.6. The Bertz CT molecular complexity index is 1140. The highest BCUT2D eigenvalue weighted by molar-refractivity contribution is 5.77.